The Morgan fingerprint density at radius 3 is 2.21 bits per heavy atom. The zero-order chi connectivity index (χ0) is 13.7. The highest BCUT2D eigenvalue weighted by molar-refractivity contribution is 5.48. The number of hydrogen-bond acceptors (Lipinski definition) is 2. The number of nitrogens with zero attached hydrogens (tertiary/aromatic N) is 1. The Morgan fingerprint density at radius 2 is 1.63 bits per heavy atom. The molecular weight excluding hydrogens is 246 g/mol. The van der Waals surface area contributed by atoms with Crippen molar-refractivity contribution in [3.63, 3.8) is 0 Å². The molecule has 2 aromatic carbocycles. The summed E-state index contributed by atoms with van der Waals surface area (Å²) in [6.07, 6.45) is 0.123. The molecule has 4 heteroatoms. The fourth-order valence-electron chi connectivity index (χ4n) is 1.84. The monoisotopic (exact) mass is 258 g/mol. The summed E-state index contributed by atoms with van der Waals surface area (Å²) >= 11 is 0. The van der Waals surface area contributed by atoms with E-state index in [1.807, 2.05) is 36.4 Å². The molecule has 0 amide bonds. The minimum atomic E-state index is -0.668. The van der Waals surface area contributed by atoms with Gasteiger partial charge in [0.05, 0.1) is 18.5 Å². The number of rotatable bonds is 4. The van der Waals surface area contributed by atoms with Gasteiger partial charge in [0.15, 0.2) is 0 Å². The molecule has 0 aromatic heterocycles. The van der Waals surface area contributed by atoms with Gasteiger partial charge in [0.2, 0.25) is 0 Å². The molecule has 0 bridgehead atoms. The zero-order valence-electron chi connectivity index (χ0n) is 10.1. The highest BCUT2D eigenvalue weighted by Gasteiger charge is 2.15. The van der Waals surface area contributed by atoms with Gasteiger partial charge in [0.25, 0.3) is 0 Å². The number of para-hydroxylation sites is 1. The van der Waals surface area contributed by atoms with E-state index in [9.17, 15) is 8.78 Å². The first-order valence-corrected chi connectivity index (χ1v) is 5.85. The van der Waals surface area contributed by atoms with Crippen LogP contribution in [0.1, 0.15) is 18.0 Å². The van der Waals surface area contributed by atoms with Crippen molar-refractivity contribution in [1.29, 1.82) is 5.26 Å². The first-order valence-electron chi connectivity index (χ1n) is 5.85. The predicted molar refractivity (Wildman–Crippen MR) is 69.4 cm³/mol. The molecule has 96 valence electrons. The van der Waals surface area contributed by atoms with Gasteiger partial charge in [-0.05, 0) is 17.7 Å². The first-order chi connectivity index (χ1) is 9.22. The largest absolute Gasteiger partial charge is 0.372 e. The summed E-state index contributed by atoms with van der Waals surface area (Å²) in [4.78, 5) is 0. The Labute approximate surface area is 110 Å². The summed E-state index contributed by atoms with van der Waals surface area (Å²) in [5.74, 6) is -1.34. The Balaban J connectivity index is 2.30. The molecule has 1 N–H and O–H groups in total. The lowest BCUT2D eigenvalue weighted by molar-refractivity contribution is 0.583. The van der Waals surface area contributed by atoms with Gasteiger partial charge in [-0.25, -0.2) is 8.78 Å². The third-order valence-electron chi connectivity index (χ3n) is 2.78. The van der Waals surface area contributed by atoms with E-state index >= 15 is 0 Å². The van der Waals surface area contributed by atoms with Gasteiger partial charge in [-0.3, -0.25) is 0 Å². The van der Waals surface area contributed by atoms with E-state index in [0.717, 1.165) is 5.56 Å². The SMILES string of the molecule is N#CCC(Nc1c(F)cccc1F)c1ccccc1. The minimum absolute atomic E-state index is 0.123. The van der Waals surface area contributed by atoms with Crippen LogP contribution in [-0.4, -0.2) is 0 Å². The van der Waals surface area contributed by atoms with E-state index < -0.39 is 17.7 Å². The smallest absolute Gasteiger partial charge is 0.149 e. The number of nitrogens with one attached hydrogen (secondary N) is 1. The van der Waals surface area contributed by atoms with Gasteiger partial charge < -0.3 is 5.32 Å². The van der Waals surface area contributed by atoms with Gasteiger partial charge in [-0.15, -0.1) is 0 Å². The number of benzene rings is 2. The van der Waals surface area contributed by atoms with Crippen molar-refractivity contribution in [3.05, 3.63) is 65.7 Å². The van der Waals surface area contributed by atoms with Crippen LogP contribution in [-0.2, 0) is 0 Å². The van der Waals surface area contributed by atoms with Crippen LogP contribution < -0.4 is 5.32 Å². The van der Waals surface area contributed by atoms with Crippen molar-refractivity contribution in [3.8, 4) is 6.07 Å². The molecule has 1 atom stereocenters. The second-order valence-corrected chi connectivity index (χ2v) is 4.07. The average molecular weight is 258 g/mol. The second-order valence-electron chi connectivity index (χ2n) is 4.07. The van der Waals surface area contributed by atoms with Crippen LogP contribution in [0.5, 0.6) is 0 Å². The average Bonchev–Trinajstić information content (AvgIpc) is 2.43. The van der Waals surface area contributed by atoms with Gasteiger partial charge in [0, 0.05) is 0 Å². The van der Waals surface area contributed by atoms with Crippen LogP contribution in [0.3, 0.4) is 0 Å². The first kappa shape index (κ1) is 13.0. The molecule has 0 aliphatic heterocycles. The van der Waals surface area contributed by atoms with Crippen molar-refractivity contribution in [2.45, 2.75) is 12.5 Å². The van der Waals surface area contributed by atoms with Gasteiger partial charge in [-0.2, -0.15) is 5.26 Å². The zero-order valence-corrected chi connectivity index (χ0v) is 10.1. The summed E-state index contributed by atoms with van der Waals surface area (Å²) in [7, 11) is 0. The molecule has 0 saturated carbocycles. The molecule has 2 aromatic rings. The fourth-order valence-corrected chi connectivity index (χ4v) is 1.84. The van der Waals surface area contributed by atoms with E-state index in [-0.39, 0.29) is 12.1 Å². The summed E-state index contributed by atoms with van der Waals surface area (Å²) < 4.78 is 27.2. The molecule has 19 heavy (non-hydrogen) atoms. The topological polar surface area (TPSA) is 35.8 Å². The van der Waals surface area contributed by atoms with Crippen LogP contribution >= 0.6 is 0 Å². The second kappa shape index (κ2) is 5.96. The molecule has 0 fully saturated rings. The maximum absolute atomic E-state index is 13.6. The molecule has 0 spiro atoms. The van der Waals surface area contributed by atoms with Crippen molar-refractivity contribution in [2.24, 2.45) is 0 Å². The third-order valence-corrected chi connectivity index (χ3v) is 2.78. The van der Waals surface area contributed by atoms with Crippen molar-refractivity contribution in [1.82, 2.24) is 0 Å². The Morgan fingerprint density at radius 1 is 1.00 bits per heavy atom. The number of hydrogen-bond donors (Lipinski definition) is 1. The summed E-state index contributed by atoms with van der Waals surface area (Å²) in [5.41, 5.74) is 0.610. The lowest BCUT2D eigenvalue weighted by Gasteiger charge is -2.18. The maximum Gasteiger partial charge on any atom is 0.149 e. The highest BCUT2D eigenvalue weighted by atomic mass is 19.1. The maximum atomic E-state index is 13.6. The van der Waals surface area contributed by atoms with Crippen molar-refractivity contribution >= 4 is 5.69 Å². The number of nitriles is 1. The lowest BCUT2D eigenvalue weighted by Crippen LogP contribution is -2.12. The Kier molecular flexibility index (Phi) is 4.09. The normalized spacial score (nSPS) is 11.6. The summed E-state index contributed by atoms with van der Waals surface area (Å²) in [5, 5.41) is 11.6. The number of halogens is 2. The van der Waals surface area contributed by atoms with Crippen LogP contribution in [0.4, 0.5) is 14.5 Å². The van der Waals surface area contributed by atoms with E-state index in [1.54, 1.807) is 0 Å². The molecule has 0 radical (unpaired) electrons. The quantitative estimate of drug-likeness (QED) is 0.898. The van der Waals surface area contributed by atoms with Gasteiger partial charge in [0.1, 0.15) is 17.3 Å². The standard InChI is InChI=1S/C15H12F2N2/c16-12-7-4-8-13(17)15(12)19-14(9-10-18)11-5-2-1-3-6-11/h1-8,14,19H,9H2. The lowest BCUT2D eigenvalue weighted by atomic mass is 10.0. The molecule has 0 saturated heterocycles. The third kappa shape index (κ3) is 3.08. The van der Waals surface area contributed by atoms with E-state index in [4.69, 9.17) is 5.26 Å². The van der Waals surface area contributed by atoms with Gasteiger partial charge in [-0.1, -0.05) is 36.4 Å². The molecule has 2 rings (SSSR count). The molecule has 2 nitrogen and oxygen atoms in total. The van der Waals surface area contributed by atoms with E-state index in [0.29, 0.717) is 0 Å². The van der Waals surface area contributed by atoms with Crippen LogP contribution in [0.2, 0.25) is 0 Å². The van der Waals surface area contributed by atoms with E-state index in [2.05, 4.69) is 5.32 Å². The molecular formula is C15H12F2N2. The summed E-state index contributed by atoms with van der Waals surface area (Å²) in [6, 6.07) is 14.3. The molecule has 0 aliphatic rings. The Hall–Kier alpha value is -2.41. The van der Waals surface area contributed by atoms with Crippen LogP contribution in [0, 0.1) is 23.0 Å². The molecule has 1 unspecified atom stereocenters. The van der Waals surface area contributed by atoms with Crippen LogP contribution in [0.15, 0.2) is 48.5 Å². The molecule has 0 aliphatic carbocycles. The van der Waals surface area contributed by atoms with Gasteiger partial charge >= 0.3 is 0 Å². The number of anilines is 1. The van der Waals surface area contributed by atoms with Crippen molar-refractivity contribution < 1.29 is 8.78 Å². The highest BCUT2D eigenvalue weighted by Crippen LogP contribution is 2.26. The minimum Gasteiger partial charge on any atom is -0.372 e. The summed E-state index contributed by atoms with van der Waals surface area (Å²) in [6.45, 7) is 0. The van der Waals surface area contributed by atoms with Crippen molar-refractivity contribution in [2.75, 3.05) is 5.32 Å². The molecule has 0 heterocycles. The predicted octanol–water partition coefficient (Wildman–Crippen LogP) is 4.03. The fraction of sp³-hybridized carbons (Fsp3) is 0.133. The Bertz CT molecular complexity index is 571. The van der Waals surface area contributed by atoms with E-state index in [1.165, 1.54) is 18.2 Å². The van der Waals surface area contributed by atoms with Crippen LogP contribution in [0.25, 0.3) is 0 Å².